The fraction of sp³-hybridized carbons (Fsp3) is 0.0435. The van der Waals surface area contributed by atoms with Crippen LogP contribution >= 0.6 is 11.6 Å². The normalized spacial score (nSPS) is 10.7. The van der Waals surface area contributed by atoms with E-state index in [0.717, 1.165) is 11.1 Å². The third-order valence-corrected chi connectivity index (χ3v) is 4.11. The summed E-state index contributed by atoms with van der Waals surface area (Å²) in [6.45, 7) is 0. The monoisotopic (exact) mass is 376 g/mol. The predicted octanol–water partition coefficient (Wildman–Crippen LogP) is 5.38. The van der Waals surface area contributed by atoms with Gasteiger partial charge in [0.15, 0.2) is 5.78 Å². The Bertz CT molecular complexity index is 943. The van der Waals surface area contributed by atoms with Gasteiger partial charge in [0.2, 0.25) is 0 Å². The summed E-state index contributed by atoms with van der Waals surface area (Å²) >= 11 is 5.82. The maximum absolute atomic E-state index is 12.1. The lowest BCUT2D eigenvalue weighted by molar-refractivity contribution is -0.133. The van der Waals surface area contributed by atoms with Gasteiger partial charge in [-0.1, -0.05) is 60.1 Å². The molecule has 3 rings (SSSR count). The topological polar surface area (TPSA) is 43.4 Å². The fourth-order valence-electron chi connectivity index (χ4n) is 2.46. The maximum Gasteiger partial charge on any atom is 0.315 e. The molecule has 0 bridgehead atoms. The molecule has 0 saturated heterocycles. The molecule has 0 heterocycles. The number of esters is 1. The van der Waals surface area contributed by atoms with Crippen molar-refractivity contribution in [3.63, 3.8) is 0 Å². The maximum atomic E-state index is 12.1. The number of carbonyl (C=O) groups excluding carboxylic acids is 2. The summed E-state index contributed by atoms with van der Waals surface area (Å²) in [4.78, 5) is 24.1. The molecule has 0 aliphatic heterocycles. The Labute approximate surface area is 162 Å². The Morgan fingerprint density at radius 1 is 0.852 bits per heavy atom. The van der Waals surface area contributed by atoms with Crippen LogP contribution in [0.15, 0.2) is 84.9 Å². The van der Waals surface area contributed by atoms with Gasteiger partial charge in [0.1, 0.15) is 5.75 Å². The highest BCUT2D eigenvalue weighted by Crippen LogP contribution is 2.15. The van der Waals surface area contributed by atoms with E-state index in [4.69, 9.17) is 16.3 Å². The molecule has 0 amide bonds. The lowest BCUT2D eigenvalue weighted by Gasteiger charge is -2.05. The van der Waals surface area contributed by atoms with Gasteiger partial charge < -0.3 is 4.74 Å². The number of hydrogen-bond donors (Lipinski definition) is 0. The van der Waals surface area contributed by atoms with Gasteiger partial charge in [0.05, 0.1) is 6.42 Å². The van der Waals surface area contributed by atoms with Crippen LogP contribution in [0.3, 0.4) is 0 Å². The highest BCUT2D eigenvalue weighted by molar-refractivity contribution is 6.30. The van der Waals surface area contributed by atoms with Gasteiger partial charge in [-0.15, -0.1) is 0 Å². The molecule has 0 N–H and O–H groups in total. The van der Waals surface area contributed by atoms with Crippen LogP contribution in [0.25, 0.3) is 6.08 Å². The van der Waals surface area contributed by atoms with Crippen LogP contribution < -0.4 is 4.74 Å². The van der Waals surface area contributed by atoms with E-state index in [-0.39, 0.29) is 18.2 Å². The molecule has 4 heteroatoms. The zero-order valence-electron chi connectivity index (χ0n) is 14.5. The van der Waals surface area contributed by atoms with Gasteiger partial charge in [0.25, 0.3) is 0 Å². The number of benzene rings is 3. The molecule has 0 radical (unpaired) electrons. The van der Waals surface area contributed by atoms with E-state index >= 15 is 0 Å². The second kappa shape index (κ2) is 8.97. The van der Waals surface area contributed by atoms with E-state index in [1.165, 1.54) is 6.08 Å². The quantitative estimate of drug-likeness (QED) is 0.251. The molecule has 0 saturated carbocycles. The lowest BCUT2D eigenvalue weighted by Crippen LogP contribution is -2.11. The molecule has 27 heavy (non-hydrogen) atoms. The second-order valence-electron chi connectivity index (χ2n) is 5.91. The largest absolute Gasteiger partial charge is 0.426 e. The van der Waals surface area contributed by atoms with Gasteiger partial charge >= 0.3 is 5.97 Å². The Hall–Kier alpha value is -3.17. The Kier molecular flexibility index (Phi) is 6.18. The van der Waals surface area contributed by atoms with E-state index in [9.17, 15) is 9.59 Å². The zero-order chi connectivity index (χ0) is 19.1. The summed E-state index contributed by atoms with van der Waals surface area (Å²) in [5.41, 5.74) is 2.31. The van der Waals surface area contributed by atoms with Crippen molar-refractivity contribution in [2.75, 3.05) is 0 Å². The van der Waals surface area contributed by atoms with Crippen LogP contribution in [0.2, 0.25) is 5.02 Å². The predicted molar refractivity (Wildman–Crippen MR) is 107 cm³/mol. The Balaban J connectivity index is 1.57. The van der Waals surface area contributed by atoms with Crippen molar-refractivity contribution in [3.8, 4) is 5.75 Å². The summed E-state index contributed by atoms with van der Waals surface area (Å²) in [6.07, 6.45) is 3.43. The molecule has 0 aliphatic rings. The molecular weight excluding hydrogens is 360 g/mol. The van der Waals surface area contributed by atoms with Crippen molar-refractivity contribution in [1.82, 2.24) is 0 Å². The third kappa shape index (κ3) is 5.66. The van der Waals surface area contributed by atoms with Crippen LogP contribution in [-0.4, -0.2) is 11.8 Å². The molecule has 0 unspecified atom stereocenters. The summed E-state index contributed by atoms with van der Waals surface area (Å²) in [5, 5.41) is 0.591. The average Bonchev–Trinajstić information content (AvgIpc) is 2.68. The van der Waals surface area contributed by atoms with Crippen molar-refractivity contribution in [3.05, 3.63) is 107 Å². The fourth-order valence-corrected chi connectivity index (χ4v) is 2.59. The van der Waals surface area contributed by atoms with Gasteiger partial charge in [-0.2, -0.15) is 0 Å². The van der Waals surface area contributed by atoms with Crippen LogP contribution in [0, 0.1) is 0 Å². The van der Waals surface area contributed by atoms with Crippen molar-refractivity contribution in [1.29, 1.82) is 0 Å². The van der Waals surface area contributed by atoms with E-state index in [1.54, 1.807) is 54.6 Å². The lowest BCUT2D eigenvalue weighted by atomic mass is 10.1. The van der Waals surface area contributed by atoms with Gasteiger partial charge in [-0.25, -0.2) is 0 Å². The minimum atomic E-state index is -0.317. The van der Waals surface area contributed by atoms with Crippen molar-refractivity contribution < 1.29 is 14.3 Å². The number of ketones is 1. The van der Waals surface area contributed by atoms with Gasteiger partial charge in [0, 0.05) is 10.6 Å². The number of rotatable bonds is 6. The highest BCUT2D eigenvalue weighted by Gasteiger charge is 2.06. The summed E-state index contributed by atoms with van der Waals surface area (Å²) in [6, 6.07) is 23.2. The smallest absolute Gasteiger partial charge is 0.315 e. The van der Waals surface area contributed by atoms with Crippen molar-refractivity contribution in [2.45, 2.75) is 6.42 Å². The molecular formula is C23H17ClO3. The first-order valence-electron chi connectivity index (χ1n) is 8.43. The minimum absolute atomic E-state index is 0.106. The first-order valence-corrected chi connectivity index (χ1v) is 8.80. The van der Waals surface area contributed by atoms with E-state index in [0.29, 0.717) is 16.3 Å². The third-order valence-electron chi connectivity index (χ3n) is 3.86. The first-order chi connectivity index (χ1) is 13.1. The molecule has 0 atom stereocenters. The zero-order valence-corrected chi connectivity index (χ0v) is 15.2. The molecule has 3 aromatic carbocycles. The second-order valence-corrected chi connectivity index (χ2v) is 6.35. The molecule has 3 aromatic rings. The summed E-state index contributed by atoms with van der Waals surface area (Å²) in [7, 11) is 0. The molecule has 0 aromatic heterocycles. The van der Waals surface area contributed by atoms with Crippen LogP contribution in [0.1, 0.15) is 21.5 Å². The number of ether oxygens (including phenoxy) is 1. The number of hydrogen-bond acceptors (Lipinski definition) is 3. The van der Waals surface area contributed by atoms with Crippen LogP contribution in [0.5, 0.6) is 5.75 Å². The summed E-state index contributed by atoms with van der Waals surface area (Å²) in [5.74, 6) is 0.0459. The number of carbonyl (C=O) groups is 2. The highest BCUT2D eigenvalue weighted by atomic mass is 35.5. The Morgan fingerprint density at radius 3 is 2.19 bits per heavy atom. The van der Waals surface area contributed by atoms with E-state index in [2.05, 4.69) is 0 Å². The Morgan fingerprint density at radius 2 is 1.52 bits per heavy atom. The van der Waals surface area contributed by atoms with Gasteiger partial charge in [-0.05, 0) is 53.6 Å². The molecule has 3 nitrogen and oxygen atoms in total. The first kappa shape index (κ1) is 18.6. The van der Waals surface area contributed by atoms with Gasteiger partial charge in [-0.3, -0.25) is 9.59 Å². The van der Waals surface area contributed by atoms with E-state index < -0.39 is 0 Å². The summed E-state index contributed by atoms with van der Waals surface area (Å²) < 4.78 is 5.34. The van der Waals surface area contributed by atoms with Crippen LogP contribution in [0.4, 0.5) is 0 Å². The van der Waals surface area contributed by atoms with Crippen molar-refractivity contribution >= 4 is 29.4 Å². The molecule has 0 aliphatic carbocycles. The van der Waals surface area contributed by atoms with E-state index in [1.807, 2.05) is 30.3 Å². The molecule has 0 spiro atoms. The number of halogens is 1. The SMILES string of the molecule is O=C(Cc1ccccc1)Oc1ccc(C=CC(=O)c2ccc(Cl)cc2)cc1. The minimum Gasteiger partial charge on any atom is -0.426 e. The number of allylic oxidation sites excluding steroid dienone is 1. The van der Waals surface area contributed by atoms with Crippen LogP contribution in [-0.2, 0) is 11.2 Å². The molecule has 0 fully saturated rings. The average molecular weight is 377 g/mol. The van der Waals surface area contributed by atoms with Crippen molar-refractivity contribution in [2.24, 2.45) is 0 Å². The molecule has 134 valence electrons. The standard InChI is InChI=1S/C23H17ClO3/c24-20-11-9-19(10-12-20)22(25)15-8-17-6-13-21(14-7-17)27-23(26)16-18-4-2-1-3-5-18/h1-15H,16H2.